The van der Waals surface area contributed by atoms with E-state index in [2.05, 4.69) is 42.2 Å². The third-order valence-corrected chi connectivity index (χ3v) is 6.25. The molecule has 5 heterocycles. The van der Waals surface area contributed by atoms with Crippen LogP contribution in [0.3, 0.4) is 0 Å². The smallest absolute Gasteiger partial charge is 0.291 e. The van der Waals surface area contributed by atoms with Crippen molar-refractivity contribution in [2.24, 2.45) is 10.9 Å². The average Bonchev–Trinajstić information content (AvgIpc) is 2.99. The van der Waals surface area contributed by atoms with Crippen LogP contribution in [0, 0.1) is 5.92 Å². The van der Waals surface area contributed by atoms with Gasteiger partial charge in [0.15, 0.2) is 0 Å². The predicted molar refractivity (Wildman–Crippen MR) is 98.3 cm³/mol. The third-order valence-electron chi connectivity index (χ3n) is 5.56. The van der Waals surface area contributed by atoms with E-state index in [1.54, 1.807) is 0 Å². The number of nitrogens with zero attached hydrogens (tertiary/aromatic N) is 3. The number of halogens is 1. The number of ether oxygens (including phenoxy) is 1. The quantitative estimate of drug-likeness (QED) is 0.816. The van der Waals surface area contributed by atoms with Gasteiger partial charge in [-0.25, -0.2) is 9.98 Å². The molecule has 1 aromatic heterocycles. The lowest BCUT2D eigenvalue weighted by atomic mass is 9.75. The Balaban J connectivity index is 1.37. The van der Waals surface area contributed by atoms with Crippen LogP contribution in [0.4, 0.5) is 5.82 Å². The van der Waals surface area contributed by atoms with Crippen LogP contribution in [-0.4, -0.2) is 47.7 Å². The topological polar surface area (TPSA) is 49.8 Å². The third kappa shape index (κ3) is 2.31. The van der Waals surface area contributed by atoms with Gasteiger partial charge < -0.3 is 4.74 Å². The second kappa shape index (κ2) is 5.43. The minimum atomic E-state index is -0.115. The Morgan fingerprint density at radius 2 is 2.17 bits per heavy atom. The largest absolute Gasteiger partial charge is 0.455 e. The van der Waals surface area contributed by atoms with Crippen LogP contribution in [0.5, 0.6) is 0 Å². The zero-order chi connectivity index (χ0) is 16.1. The lowest BCUT2D eigenvalue weighted by molar-refractivity contribution is -0.0829. The molecule has 3 saturated heterocycles. The molecule has 3 fully saturated rings. The molecule has 6 rings (SSSR count). The molecule has 4 aliphatic rings. The summed E-state index contributed by atoms with van der Waals surface area (Å²) < 4.78 is 7.38. The van der Waals surface area contributed by atoms with Gasteiger partial charge in [0.05, 0.1) is 6.54 Å². The predicted octanol–water partition coefficient (Wildman–Crippen LogP) is 3.26. The number of anilines is 1. The van der Waals surface area contributed by atoms with Crippen molar-refractivity contribution in [3.05, 3.63) is 34.9 Å². The molecule has 124 valence electrons. The summed E-state index contributed by atoms with van der Waals surface area (Å²) in [6.07, 6.45) is 4.33. The number of aliphatic imine (C=N–C) groups is 1. The zero-order valence-electron chi connectivity index (χ0n) is 13.3. The minimum absolute atomic E-state index is 0.115. The second-order valence-electron chi connectivity index (χ2n) is 6.99. The van der Waals surface area contributed by atoms with Gasteiger partial charge in [0.1, 0.15) is 11.4 Å². The van der Waals surface area contributed by atoms with E-state index in [-0.39, 0.29) is 5.60 Å². The Morgan fingerprint density at radius 3 is 2.96 bits per heavy atom. The average molecular weight is 387 g/mol. The van der Waals surface area contributed by atoms with Crippen LogP contribution in [-0.2, 0) is 4.74 Å². The van der Waals surface area contributed by atoms with Crippen molar-refractivity contribution in [2.45, 2.75) is 18.4 Å². The Kier molecular flexibility index (Phi) is 3.31. The van der Waals surface area contributed by atoms with E-state index >= 15 is 0 Å². The summed E-state index contributed by atoms with van der Waals surface area (Å²) in [5, 5.41) is 5.51. The SMILES string of the molecule is Brc1cccc2cnc(NC3=NC[C@@]4(CN5CCC4CC5)O3)cc12. The Labute approximate surface area is 149 Å². The maximum atomic E-state index is 6.32. The summed E-state index contributed by atoms with van der Waals surface area (Å²) in [5.74, 6) is 1.40. The van der Waals surface area contributed by atoms with E-state index in [0.717, 1.165) is 34.2 Å². The summed E-state index contributed by atoms with van der Waals surface area (Å²) in [5.41, 5.74) is -0.115. The number of rotatable bonds is 1. The fourth-order valence-electron chi connectivity index (χ4n) is 4.26. The number of nitrogens with one attached hydrogen (secondary N) is 1. The summed E-state index contributed by atoms with van der Waals surface area (Å²) in [6, 6.07) is 8.76. The van der Waals surface area contributed by atoms with Gasteiger partial charge in [-0.2, -0.15) is 0 Å². The molecule has 0 saturated carbocycles. The highest BCUT2D eigenvalue weighted by Gasteiger charge is 2.51. The van der Waals surface area contributed by atoms with Gasteiger partial charge in [-0.05, 0) is 38.1 Å². The highest BCUT2D eigenvalue weighted by Crippen LogP contribution is 2.40. The Bertz CT molecular complexity index is 831. The van der Waals surface area contributed by atoms with E-state index in [4.69, 9.17) is 4.74 Å². The lowest BCUT2D eigenvalue weighted by Crippen LogP contribution is -2.61. The van der Waals surface area contributed by atoms with Crippen molar-refractivity contribution in [2.75, 3.05) is 31.5 Å². The number of amidine groups is 1. The van der Waals surface area contributed by atoms with E-state index in [9.17, 15) is 0 Å². The van der Waals surface area contributed by atoms with Crippen molar-refractivity contribution in [1.82, 2.24) is 9.88 Å². The molecule has 0 aliphatic carbocycles. The van der Waals surface area contributed by atoms with E-state index in [0.29, 0.717) is 11.9 Å². The van der Waals surface area contributed by atoms with Gasteiger partial charge in [-0.1, -0.05) is 28.1 Å². The molecule has 5 nitrogen and oxygen atoms in total. The molecule has 0 unspecified atom stereocenters. The maximum Gasteiger partial charge on any atom is 0.291 e. The first-order chi connectivity index (χ1) is 11.7. The van der Waals surface area contributed by atoms with Crippen molar-refractivity contribution in [3.63, 3.8) is 0 Å². The van der Waals surface area contributed by atoms with E-state index in [1.807, 2.05) is 24.4 Å². The van der Waals surface area contributed by atoms with Crippen LogP contribution < -0.4 is 5.32 Å². The van der Waals surface area contributed by atoms with Crippen LogP contribution >= 0.6 is 15.9 Å². The first-order valence-electron chi connectivity index (χ1n) is 8.49. The molecule has 1 spiro atoms. The number of pyridine rings is 1. The van der Waals surface area contributed by atoms with Gasteiger partial charge in [0.2, 0.25) is 0 Å². The highest BCUT2D eigenvalue weighted by molar-refractivity contribution is 9.10. The first kappa shape index (κ1) is 14.7. The molecule has 0 radical (unpaired) electrons. The van der Waals surface area contributed by atoms with Crippen molar-refractivity contribution in [1.29, 1.82) is 0 Å². The molecule has 4 aliphatic heterocycles. The van der Waals surface area contributed by atoms with Crippen LogP contribution in [0.1, 0.15) is 12.8 Å². The molecule has 1 N–H and O–H groups in total. The van der Waals surface area contributed by atoms with Crippen molar-refractivity contribution in [3.8, 4) is 0 Å². The number of hydrogen-bond donors (Lipinski definition) is 1. The summed E-state index contributed by atoms with van der Waals surface area (Å²) in [6.45, 7) is 4.18. The maximum absolute atomic E-state index is 6.32. The number of benzene rings is 1. The molecule has 1 aromatic carbocycles. The fourth-order valence-corrected chi connectivity index (χ4v) is 4.75. The molecule has 0 amide bonds. The second-order valence-corrected chi connectivity index (χ2v) is 7.85. The molecule has 24 heavy (non-hydrogen) atoms. The molecule has 6 heteroatoms. The highest BCUT2D eigenvalue weighted by atomic mass is 79.9. The normalized spacial score (nSPS) is 31.3. The number of piperidine rings is 3. The standard InChI is InChI=1S/C18H19BrN4O/c19-15-3-1-2-12-9-20-16(8-14(12)15)22-17-21-10-18(24-17)11-23-6-4-13(18)5-7-23/h1-3,8-9,13H,4-7,10-11H2,(H,20,21,22)/t18-/m0/s1. The molecular weight excluding hydrogens is 368 g/mol. The van der Waals surface area contributed by atoms with Gasteiger partial charge in [-0.15, -0.1) is 0 Å². The lowest BCUT2D eigenvalue weighted by Gasteiger charge is -2.50. The van der Waals surface area contributed by atoms with Gasteiger partial charge in [0, 0.05) is 33.9 Å². The Hall–Kier alpha value is -1.66. The number of fused-ring (bicyclic) bond motifs is 3. The molecule has 1 atom stereocenters. The van der Waals surface area contributed by atoms with Crippen molar-refractivity contribution < 1.29 is 4.74 Å². The first-order valence-corrected chi connectivity index (χ1v) is 9.28. The fraction of sp³-hybridized carbons (Fsp3) is 0.444. The van der Waals surface area contributed by atoms with E-state index in [1.165, 1.54) is 25.9 Å². The van der Waals surface area contributed by atoms with Crippen molar-refractivity contribution >= 4 is 38.5 Å². The van der Waals surface area contributed by atoms with Gasteiger partial charge in [-0.3, -0.25) is 10.2 Å². The van der Waals surface area contributed by atoms with Gasteiger partial charge in [0.25, 0.3) is 6.02 Å². The van der Waals surface area contributed by atoms with Crippen LogP contribution in [0.15, 0.2) is 39.9 Å². The van der Waals surface area contributed by atoms with Crippen LogP contribution in [0.25, 0.3) is 10.8 Å². The monoisotopic (exact) mass is 386 g/mol. The Morgan fingerprint density at radius 1 is 1.29 bits per heavy atom. The molecule has 2 aromatic rings. The summed E-state index contributed by atoms with van der Waals surface area (Å²) in [4.78, 5) is 11.6. The van der Waals surface area contributed by atoms with E-state index < -0.39 is 0 Å². The zero-order valence-corrected chi connectivity index (χ0v) is 14.9. The summed E-state index contributed by atoms with van der Waals surface area (Å²) in [7, 11) is 0. The molecular formula is C18H19BrN4O. The van der Waals surface area contributed by atoms with Gasteiger partial charge >= 0.3 is 0 Å². The number of aromatic nitrogens is 1. The minimum Gasteiger partial charge on any atom is -0.455 e. The number of hydrogen-bond acceptors (Lipinski definition) is 5. The summed E-state index contributed by atoms with van der Waals surface area (Å²) >= 11 is 3.60. The van der Waals surface area contributed by atoms with Crippen LogP contribution in [0.2, 0.25) is 0 Å². The molecule has 2 bridgehead atoms.